The van der Waals surface area contributed by atoms with E-state index in [9.17, 15) is 4.79 Å². The monoisotopic (exact) mass is 230 g/mol. The van der Waals surface area contributed by atoms with Crippen molar-refractivity contribution in [2.45, 2.75) is 51.9 Å². The van der Waals surface area contributed by atoms with Crippen LogP contribution in [0.4, 0.5) is 0 Å². The standard InChI is InChI=1S/C12H22O4/c1-5-14-11-9(13)8-10(11)15-6-7-16-12(2,3)4/h10-11H,5-8H2,1-4H3. The molecule has 0 radical (unpaired) electrons. The molecule has 1 aliphatic carbocycles. The normalized spacial score (nSPS) is 25.6. The highest BCUT2D eigenvalue weighted by Crippen LogP contribution is 2.22. The van der Waals surface area contributed by atoms with Gasteiger partial charge in [-0.1, -0.05) is 0 Å². The second kappa shape index (κ2) is 5.75. The van der Waals surface area contributed by atoms with Crippen molar-refractivity contribution >= 4 is 5.78 Å². The summed E-state index contributed by atoms with van der Waals surface area (Å²) in [6.45, 7) is 9.50. The van der Waals surface area contributed by atoms with Gasteiger partial charge in [0.2, 0.25) is 0 Å². The molecular formula is C12H22O4. The second-order valence-electron chi connectivity index (χ2n) is 4.92. The van der Waals surface area contributed by atoms with Crippen molar-refractivity contribution in [1.29, 1.82) is 0 Å². The van der Waals surface area contributed by atoms with Gasteiger partial charge in [0.25, 0.3) is 0 Å². The average Bonchev–Trinajstić information content (AvgIpc) is 2.17. The lowest BCUT2D eigenvalue weighted by Gasteiger charge is -2.34. The second-order valence-corrected chi connectivity index (χ2v) is 4.92. The van der Waals surface area contributed by atoms with Crippen LogP contribution in [0.5, 0.6) is 0 Å². The van der Waals surface area contributed by atoms with Gasteiger partial charge in [-0.05, 0) is 27.7 Å². The van der Waals surface area contributed by atoms with Crippen molar-refractivity contribution in [3.05, 3.63) is 0 Å². The van der Waals surface area contributed by atoms with Gasteiger partial charge in [-0.25, -0.2) is 0 Å². The molecule has 0 spiro atoms. The van der Waals surface area contributed by atoms with Crippen LogP contribution < -0.4 is 0 Å². The highest BCUT2D eigenvalue weighted by atomic mass is 16.6. The molecule has 0 aromatic rings. The van der Waals surface area contributed by atoms with E-state index < -0.39 is 0 Å². The molecule has 2 atom stereocenters. The molecule has 1 rings (SSSR count). The van der Waals surface area contributed by atoms with Crippen LogP contribution in [0, 0.1) is 0 Å². The summed E-state index contributed by atoms with van der Waals surface area (Å²) in [7, 11) is 0. The fraction of sp³-hybridized carbons (Fsp3) is 0.917. The van der Waals surface area contributed by atoms with E-state index in [1.54, 1.807) is 0 Å². The molecule has 94 valence electrons. The SMILES string of the molecule is CCOC1C(=O)CC1OCCOC(C)(C)C. The summed E-state index contributed by atoms with van der Waals surface area (Å²) < 4.78 is 16.3. The first kappa shape index (κ1) is 13.6. The van der Waals surface area contributed by atoms with Gasteiger partial charge in [0.05, 0.1) is 24.9 Å². The summed E-state index contributed by atoms with van der Waals surface area (Å²) in [4.78, 5) is 11.2. The lowest BCUT2D eigenvalue weighted by Crippen LogP contribution is -2.50. The van der Waals surface area contributed by atoms with Gasteiger partial charge in [-0.15, -0.1) is 0 Å². The Balaban J connectivity index is 2.12. The number of carbonyl (C=O) groups is 1. The molecule has 4 nitrogen and oxygen atoms in total. The van der Waals surface area contributed by atoms with Gasteiger partial charge in [0, 0.05) is 13.0 Å². The third kappa shape index (κ3) is 4.20. The molecule has 1 saturated carbocycles. The minimum Gasteiger partial charge on any atom is -0.373 e. The van der Waals surface area contributed by atoms with E-state index in [1.165, 1.54) is 0 Å². The average molecular weight is 230 g/mol. The van der Waals surface area contributed by atoms with Crippen LogP contribution in [-0.4, -0.2) is 43.4 Å². The molecule has 0 heterocycles. The summed E-state index contributed by atoms with van der Waals surface area (Å²) in [6, 6.07) is 0. The van der Waals surface area contributed by atoms with E-state index in [4.69, 9.17) is 14.2 Å². The third-order valence-corrected chi connectivity index (χ3v) is 2.35. The van der Waals surface area contributed by atoms with Gasteiger partial charge < -0.3 is 14.2 Å². The molecule has 0 N–H and O–H groups in total. The van der Waals surface area contributed by atoms with Crippen LogP contribution in [0.15, 0.2) is 0 Å². The van der Waals surface area contributed by atoms with E-state index in [-0.39, 0.29) is 23.6 Å². The molecule has 1 aliphatic rings. The first-order valence-corrected chi connectivity index (χ1v) is 5.84. The number of ether oxygens (including phenoxy) is 3. The highest BCUT2D eigenvalue weighted by Gasteiger charge is 2.41. The molecule has 16 heavy (non-hydrogen) atoms. The summed E-state index contributed by atoms with van der Waals surface area (Å²) in [6.07, 6.45) is 0.0517. The van der Waals surface area contributed by atoms with Gasteiger partial charge in [0.15, 0.2) is 5.78 Å². The summed E-state index contributed by atoms with van der Waals surface area (Å²) in [5.74, 6) is 0.142. The fourth-order valence-corrected chi connectivity index (χ4v) is 1.54. The van der Waals surface area contributed by atoms with E-state index in [0.717, 1.165) is 0 Å². The topological polar surface area (TPSA) is 44.8 Å². The molecule has 4 heteroatoms. The van der Waals surface area contributed by atoms with Crippen LogP contribution in [0.1, 0.15) is 34.1 Å². The summed E-state index contributed by atoms with van der Waals surface area (Å²) in [5, 5.41) is 0. The number of hydrogen-bond acceptors (Lipinski definition) is 4. The van der Waals surface area contributed by atoms with Gasteiger partial charge >= 0.3 is 0 Å². The van der Waals surface area contributed by atoms with Crippen LogP contribution in [-0.2, 0) is 19.0 Å². The maximum Gasteiger partial charge on any atom is 0.166 e. The Morgan fingerprint density at radius 2 is 1.94 bits per heavy atom. The zero-order chi connectivity index (χ0) is 12.2. The lowest BCUT2D eigenvalue weighted by atomic mass is 9.90. The Morgan fingerprint density at radius 3 is 2.44 bits per heavy atom. The molecule has 0 aromatic heterocycles. The molecular weight excluding hydrogens is 208 g/mol. The van der Waals surface area contributed by atoms with Gasteiger partial charge in [-0.2, -0.15) is 0 Å². The molecule has 0 aromatic carbocycles. The maximum atomic E-state index is 11.2. The van der Waals surface area contributed by atoms with Crippen LogP contribution in [0.25, 0.3) is 0 Å². The number of ketones is 1. The zero-order valence-corrected chi connectivity index (χ0v) is 10.6. The number of carbonyl (C=O) groups excluding carboxylic acids is 1. The third-order valence-electron chi connectivity index (χ3n) is 2.35. The minimum absolute atomic E-state index is 0.0731. The van der Waals surface area contributed by atoms with Crippen LogP contribution in [0.3, 0.4) is 0 Å². The Bertz CT molecular complexity index is 232. The molecule has 1 fully saturated rings. The maximum absolute atomic E-state index is 11.2. The summed E-state index contributed by atoms with van der Waals surface area (Å²) >= 11 is 0. The Labute approximate surface area is 97.2 Å². The Hall–Kier alpha value is -0.450. The van der Waals surface area contributed by atoms with E-state index in [0.29, 0.717) is 26.2 Å². The first-order valence-electron chi connectivity index (χ1n) is 5.84. The van der Waals surface area contributed by atoms with Crippen molar-refractivity contribution < 1.29 is 19.0 Å². The van der Waals surface area contributed by atoms with E-state index >= 15 is 0 Å². The van der Waals surface area contributed by atoms with Gasteiger partial charge in [-0.3, -0.25) is 4.79 Å². The predicted molar refractivity (Wildman–Crippen MR) is 60.5 cm³/mol. The molecule has 2 unspecified atom stereocenters. The fourth-order valence-electron chi connectivity index (χ4n) is 1.54. The Kier molecular flexibility index (Phi) is 4.89. The van der Waals surface area contributed by atoms with E-state index in [1.807, 2.05) is 27.7 Å². The largest absolute Gasteiger partial charge is 0.373 e. The molecule has 0 bridgehead atoms. The predicted octanol–water partition coefficient (Wildman–Crippen LogP) is 1.56. The van der Waals surface area contributed by atoms with Crippen molar-refractivity contribution in [2.24, 2.45) is 0 Å². The Morgan fingerprint density at radius 1 is 1.25 bits per heavy atom. The van der Waals surface area contributed by atoms with Crippen LogP contribution in [0.2, 0.25) is 0 Å². The van der Waals surface area contributed by atoms with Crippen molar-refractivity contribution in [2.75, 3.05) is 19.8 Å². The highest BCUT2D eigenvalue weighted by molar-refractivity contribution is 5.90. The summed E-state index contributed by atoms with van der Waals surface area (Å²) in [5.41, 5.74) is -0.141. The minimum atomic E-state index is -0.348. The first-order chi connectivity index (χ1) is 7.44. The molecule has 0 amide bonds. The van der Waals surface area contributed by atoms with Gasteiger partial charge in [0.1, 0.15) is 6.10 Å². The van der Waals surface area contributed by atoms with Crippen molar-refractivity contribution in [3.8, 4) is 0 Å². The van der Waals surface area contributed by atoms with E-state index in [2.05, 4.69) is 0 Å². The molecule has 0 aliphatic heterocycles. The quantitative estimate of drug-likeness (QED) is 0.650. The zero-order valence-electron chi connectivity index (χ0n) is 10.6. The molecule has 0 saturated heterocycles. The number of hydrogen-bond donors (Lipinski definition) is 0. The number of rotatable bonds is 6. The van der Waals surface area contributed by atoms with Crippen LogP contribution >= 0.6 is 0 Å². The lowest BCUT2D eigenvalue weighted by molar-refractivity contribution is -0.168. The number of Topliss-reactive ketones (excluding diaryl/α,β-unsaturated/α-hetero) is 1. The van der Waals surface area contributed by atoms with Crippen molar-refractivity contribution in [3.63, 3.8) is 0 Å². The van der Waals surface area contributed by atoms with Crippen molar-refractivity contribution in [1.82, 2.24) is 0 Å². The smallest absolute Gasteiger partial charge is 0.166 e.